The molecule has 0 unspecified atom stereocenters. The van der Waals surface area contributed by atoms with Crippen molar-refractivity contribution in [1.82, 2.24) is 9.78 Å². The lowest BCUT2D eigenvalue weighted by Crippen LogP contribution is -2.29. The number of nitrogens with one attached hydrogen (secondary N) is 1. The predicted octanol–water partition coefficient (Wildman–Crippen LogP) is 4.32. The first kappa shape index (κ1) is 18.6. The minimum atomic E-state index is -0.315. The van der Waals surface area contributed by atoms with Crippen molar-refractivity contribution >= 4 is 22.4 Å². The van der Waals surface area contributed by atoms with Crippen molar-refractivity contribution in [1.29, 1.82) is 0 Å². The van der Waals surface area contributed by atoms with Gasteiger partial charge in [-0.15, -0.1) is 0 Å². The van der Waals surface area contributed by atoms with Crippen LogP contribution in [0.4, 0.5) is 5.69 Å². The Morgan fingerprint density at radius 2 is 1.62 bits per heavy atom. The van der Waals surface area contributed by atoms with E-state index >= 15 is 0 Å². The largest absolute Gasteiger partial charge is 0.324 e. The second-order valence-corrected chi connectivity index (χ2v) is 7.20. The molecule has 29 heavy (non-hydrogen) atoms. The Kier molecular flexibility index (Phi) is 4.96. The number of aromatic nitrogens is 2. The first-order valence-electron chi connectivity index (χ1n) is 9.43. The standard InChI is InChI=1S/C24H21N3O2/c1-16-11-17(2)13-21(12-16)25-23(28)15-27-24(29)10-9-22(26-27)20-8-7-18-5-3-4-6-19(18)14-20/h3-14H,15H2,1-2H3,(H,25,28). The number of anilines is 1. The van der Waals surface area contributed by atoms with Gasteiger partial charge in [-0.2, -0.15) is 5.10 Å². The predicted molar refractivity (Wildman–Crippen MR) is 116 cm³/mol. The molecule has 0 aliphatic rings. The topological polar surface area (TPSA) is 64.0 Å². The molecule has 1 aromatic heterocycles. The van der Waals surface area contributed by atoms with Gasteiger partial charge in [0.25, 0.3) is 5.56 Å². The molecule has 4 rings (SSSR count). The molecule has 0 saturated carbocycles. The molecule has 0 saturated heterocycles. The number of carbonyl (C=O) groups is 1. The van der Waals surface area contributed by atoms with Gasteiger partial charge in [0.05, 0.1) is 5.69 Å². The van der Waals surface area contributed by atoms with Crippen LogP contribution in [0.1, 0.15) is 11.1 Å². The third-order valence-corrected chi connectivity index (χ3v) is 4.71. The van der Waals surface area contributed by atoms with Crippen molar-refractivity contribution in [3.63, 3.8) is 0 Å². The number of rotatable bonds is 4. The maximum absolute atomic E-state index is 12.5. The second kappa shape index (κ2) is 7.72. The van der Waals surface area contributed by atoms with Crippen LogP contribution in [0.5, 0.6) is 0 Å². The Balaban J connectivity index is 1.59. The van der Waals surface area contributed by atoms with E-state index in [0.717, 1.165) is 27.5 Å². The van der Waals surface area contributed by atoms with E-state index in [9.17, 15) is 9.59 Å². The number of fused-ring (bicyclic) bond motifs is 1. The number of aryl methyl sites for hydroxylation is 2. The van der Waals surface area contributed by atoms with E-state index in [0.29, 0.717) is 11.4 Å². The summed E-state index contributed by atoms with van der Waals surface area (Å²) >= 11 is 0. The van der Waals surface area contributed by atoms with E-state index < -0.39 is 0 Å². The number of amides is 1. The highest BCUT2D eigenvalue weighted by Gasteiger charge is 2.09. The monoisotopic (exact) mass is 383 g/mol. The van der Waals surface area contributed by atoms with Gasteiger partial charge in [0.1, 0.15) is 6.54 Å². The van der Waals surface area contributed by atoms with E-state index in [2.05, 4.69) is 10.4 Å². The van der Waals surface area contributed by atoms with Crippen LogP contribution in [0.25, 0.3) is 22.0 Å². The van der Waals surface area contributed by atoms with Crippen LogP contribution in [0, 0.1) is 13.8 Å². The van der Waals surface area contributed by atoms with Gasteiger partial charge in [-0.25, -0.2) is 4.68 Å². The Morgan fingerprint density at radius 3 is 2.38 bits per heavy atom. The summed E-state index contributed by atoms with van der Waals surface area (Å²) in [5, 5.41) is 9.48. The van der Waals surface area contributed by atoms with E-state index in [-0.39, 0.29) is 18.0 Å². The molecule has 5 heteroatoms. The van der Waals surface area contributed by atoms with Gasteiger partial charge in [-0.3, -0.25) is 9.59 Å². The Hall–Kier alpha value is -3.73. The molecule has 5 nitrogen and oxygen atoms in total. The Morgan fingerprint density at radius 1 is 0.897 bits per heavy atom. The van der Waals surface area contributed by atoms with E-state index in [1.165, 1.54) is 10.7 Å². The zero-order chi connectivity index (χ0) is 20.4. The summed E-state index contributed by atoms with van der Waals surface area (Å²) in [5.41, 5.74) is 4.07. The Bertz CT molecular complexity index is 1250. The summed E-state index contributed by atoms with van der Waals surface area (Å²) in [6.45, 7) is 3.80. The van der Waals surface area contributed by atoms with Crippen LogP contribution in [0.3, 0.4) is 0 Å². The zero-order valence-corrected chi connectivity index (χ0v) is 16.3. The maximum atomic E-state index is 12.5. The van der Waals surface area contributed by atoms with Gasteiger partial charge in [-0.1, -0.05) is 42.5 Å². The summed E-state index contributed by atoms with van der Waals surface area (Å²) in [5.74, 6) is -0.291. The summed E-state index contributed by atoms with van der Waals surface area (Å²) in [4.78, 5) is 24.7. The number of nitrogens with zero attached hydrogens (tertiary/aromatic N) is 2. The molecule has 0 bridgehead atoms. The molecule has 1 heterocycles. The fourth-order valence-corrected chi connectivity index (χ4v) is 3.45. The van der Waals surface area contributed by atoms with Crippen molar-refractivity contribution in [2.75, 3.05) is 5.32 Å². The third-order valence-electron chi connectivity index (χ3n) is 4.71. The molecular weight excluding hydrogens is 362 g/mol. The normalized spacial score (nSPS) is 10.8. The lowest BCUT2D eigenvalue weighted by molar-refractivity contribution is -0.117. The SMILES string of the molecule is Cc1cc(C)cc(NC(=O)Cn2nc(-c3ccc4ccccc4c3)ccc2=O)c1. The lowest BCUT2D eigenvalue weighted by atomic mass is 10.1. The molecule has 0 radical (unpaired) electrons. The van der Waals surface area contributed by atoms with Gasteiger partial charge in [0, 0.05) is 17.3 Å². The molecule has 0 aliphatic heterocycles. The van der Waals surface area contributed by atoms with Crippen molar-refractivity contribution in [2.24, 2.45) is 0 Å². The summed E-state index contributed by atoms with van der Waals surface area (Å²) in [7, 11) is 0. The van der Waals surface area contributed by atoms with Crippen molar-refractivity contribution in [3.05, 3.63) is 94.3 Å². The molecule has 1 N–H and O–H groups in total. The Labute approximate surface area is 168 Å². The molecular formula is C24H21N3O2. The van der Waals surface area contributed by atoms with Gasteiger partial charge >= 0.3 is 0 Å². The molecule has 3 aromatic carbocycles. The van der Waals surface area contributed by atoms with E-state index in [1.807, 2.05) is 74.5 Å². The molecule has 1 amide bonds. The second-order valence-electron chi connectivity index (χ2n) is 7.20. The molecule has 0 spiro atoms. The van der Waals surface area contributed by atoms with Gasteiger partial charge in [0.15, 0.2) is 0 Å². The average Bonchev–Trinajstić information content (AvgIpc) is 2.68. The fraction of sp³-hybridized carbons (Fsp3) is 0.125. The van der Waals surface area contributed by atoms with E-state index in [1.54, 1.807) is 6.07 Å². The smallest absolute Gasteiger partial charge is 0.267 e. The van der Waals surface area contributed by atoms with Gasteiger partial charge in [0.2, 0.25) is 5.91 Å². The number of hydrogen-bond acceptors (Lipinski definition) is 3. The van der Waals surface area contributed by atoms with Crippen molar-refractivity contribution < 1.29 is 4.79 Å². The first-order chi connectivity index (χ1) is 14.0. The molecule has 0 atom stereocenters. The summed E-state index contributed by atoms with van der Waals surface area (Å²) < 4.78 is 1.20. The number of hydrogen-bond donors (Lipinski definition) is 1. The number of benzene rings is 3. The van der Waals surface area contributed by atoms with Crippen LogP contribution in [0.15, 0.2) is 77.6 Å². The highest BCUT2D eigenvalue weighted by atomic mass is 16.2. The average molecular weight is 383 g/mol. The van der Waals surface area contributed by atoms with Crippen LogP contribution >= 0.6 is 0 Å². The molecule has 0 aliphatic carbocycles. The minimum absolute atomic E-state index is 0.146. The molecule has 144 valence electrons. The minimum Gasteiger partial charge on any atom is -0.324 e. The quantitative estimate of drug-likeness (QED) is 0.571. The fourth-order valence-electron chi connectivity index (χ4n) is 3.45. The summed E-state index contributed by atoms with van der Waals surface area (Å²) in [6, 6.07) is 23.0. The van der Waals surface area contributed by atoms with Crippen LogP contribution < -0.4 is 10.9 Å². The molecule has 4 aromatic rings. The zero-order valence-electron chi connectivity index (χ0n) is 16.3. The number of carbonyl (C=O) groups excluding carboxylic acids is 1. The van der Waals surface area contributed by atoms with Crippen molar-refractivity contribution in [2.45, 2.75) is 20.4 Å². The molecule has 0 fully saturated rings. The van der Waals surface area contributed by atoms with Crippen LogP contribution in [-0.4, -0.2) is 15.7 Å². The maximum Gasteiger partial charge on any atom is 0.267 e. The van der Waals surface area contributed by atoms with Gasteiger partial charge < -0.3 is 5.32 Å². The van der Waals surface area contributed by atoms with Crippen LogP contribution in [0.2, 0.25) is 0 Å². The van der Waals surface area contributed by atoms with Crippen molar-refractivity contribution in [3.8, 4) is 11.3 Å². The highest BCUT2D eigenvalue weighted by molar-refractivity contribution is 5.90. The van der Waals surface area contributed by atoms with Crippen LogP contribution in [-0.2, 0) is 11.3 Å². The van der Waals surface area contributed by atoms with Gasteiger partial charge in [-0.05, 0) is 60.0 Å². The third kappa shape index (κ3) is 4.24. The first-order valence-corrected chi connectivity index (χ1v) is 9.43. The highest BCUT2D eigenvalue weighted by Crippen LogP contribution is 2.22. The summed E-state index contributed by atoms with van der Waals surface area (Å²) in [6.07, 6.45) is 0. The van der Waals surface area contributed by atoms with E-state index in [4.69, 9.17) is 0 Å². The lowest BCUT2D eigenvalue weighted by Gasteiger charge is -2.10.